The minimum absolute atomic E-state index is 0.0499. The highest BCUT2D eigenvalue weighted by Crippen LogP contribution is 2.38. The zero-order valence-electron chi connectivity index (χ0n) is 30.2. The van der Waals surface area contributed by atoms with E-state index in [1.54, 1.807) is 0 Å². The molecule has 0 bridgehead atoms. The Balaban J connectivity index is 1.08. The molecular weight excluding hydrogens is 620 g/mol. The van der Waals surface area contributed by atoms with E-state index in [0.29, 0.717) is 30.8 Å². The minimum Gasteiger partial charge on any atom is -0.464 e. The second kappa shape index (κ2) is 17.3. The first kappa shape index (κ1) is 35.9. The maximum Gasteiger partial charge on any atom is 0.203 e. The summed E-state index contributed by atoms with van der Waals surface area (Å²) in [5.41, 5.74) is 4.80. The average molecular weight is 675 g/mol. The molecule has 0 N–H and O–H groups in total. The molecule has 0 radical (unpaired) electrons. The maximum absolute atomic E-state index is 13.9. The van der Waals surface area contributed by atoms with Crippen LogP contribution in [0.15, 0.2) is 109 Å². The minimum atomic E-state index is -0.330. The molecule has 50 heavy (non-hydrogen) atoms. The van der Waals surface area contributed by atoms with Crippen molar-refractivity contribution in [1.29, 1.82) is 0 Å². The Morgan fingerprint density at radius 1 is 0.540 bits per heavy atom. The molecule has 0 fully saturated rings. The quantitative estimate of drug-likeness (QED) is 0.118. The molecule has 0 aliphatic carbocycles. The van der Waals surface area contributed by atoms with E-state index in [1.165, 1.54) is 11.1 Å². The van der Waals surface area contributed by atoms with Gasteiger partial charge in [0, 0.05) is 34.8 Å². The smallest absolute Gasteiger partial charge is 0.203 e. The van der Waals surface area contributed by atoms with Crippen LogP contribution in [0.25, 0.3) is 0 Å². The Bertz CT molecular complexity index is 1520. The van der Waals surface area contributed by atoms with Gasteiger partial charge in [0.15, 0.2) is 0 Å². The van der Waals surface area contributed by atoms with Crippen molar-refractivity contribution < 1.29 is 23.7 Å². The van der Waals surface area contributed by atoms with Gasteiger partial charge in [-0.2, -0.15) is 0 Å². The molecule has 5 nitrogen and oxygen atoms in total. The van der Waals surface area contributed by atoms with Crippen LogP contribution in [0, 0.1) is 23.7 Å². The Morgan fingerprint density at radius 3 is 1.34 bits per heavy atom. The summed E-state index contributed by atoms with van der Waals surface area (Å²) in [5.74, 6) is 3.07. The highest BCUT2D eigenvalue weighted by Gasteiger charge is 2.34. The van der Waals surface area contributed by atoms with Gasteiger partial charge in [0.25, 0.3) is 0 Å². The number of hydrogen-bond acceptors (Lipinski definition) is 5. The number of rotatable bonds is 16. The lowest BCUT2D eigenvalue weighted by molar-refractivity contribution is -0.146. The molecule has 6 rings (SSSR count). The third kappa shape index (κ3) is 9.24. The Kier molecular flexibility index (Phi) is 12.4. The van der Waals surface area contributed by atoms with Crippen molar-refractivity contribution in [2.45, 2.75) is 104 Å². The zero-order chi connectivity index (χ0) is 34.9. The second-order valence-electron chi connectivity index (χ2n) is 14.8. The van der Waals surface area contributed by atoms with Crippen LogP contribution in [0.2, 0.25) is 0 Å². The van der Waals surface area contributed by atoms with Gasteiger partial charge in [0.05, 0.1) is 13.2 Å². The molecule has 0 spiro atoms. The average Bonchev–Trinajstić information content (AvgIpc) is 3.17. The fraction of sp³-hybridized carbons (Fsp3) is 0.444. The SMILES string of the molecule is CC(CCC(CC(C)c1ccccc1)C1OCc2ccccc2O1)C(=O)C(C)CCC(CC(C)c1ccccc1)C1OCc2ccccc2O1. The molecular formula is C45H54O5. The van der Waals surface area contributed by atoms with Crippen LogP contribution in [0.1, 0.15) is 100 Å². The van der Waals surface area contributed by atoms with Gasteiger partial charge in [0.2, 0.25) is 12.6 Å². The van der Waals surface area contributed by atoms with Crippen LogP contribution < -0.4 is 9.47 Å². The summed E-state index contributed by atoms with van der Waals surface area (Å²) in [4.78, 5) is 13.9. The molecule has 0 aromatic heterocycles. The first-order chi connectivity index (χ1) is 24.4. The number of Topliss-reactive ketones (excluding diaryl/α,β-unsaturated/α-hetero) is 1. The summed E-state index contributed by atoms with van der Waals surface area (Å²) in [7, 11) is 0. The number of carbonyl (C=O) groups is 1. The lowest BCUT2D eigenvalue weighted by Crippen LogP contribution is -2.35. The predicted molar refractivity (Wildman–Crippen MR) is 199 cm³/mol. The molecule has 8 unspecified atom stereocenters. The van der Waals surface area contributed by atoms with Gasteiger partial charge >= 0.3 is 0 Å². The van der Waals surface area contributed by atoms with Gasteiger partial charge in [-0.25, -0.2) is 0 Å². The van der Waals surface area contributed by atoms with E-state index in [0.717, 1.165) is 61.2 Å². The highest BCUT2D eigenvalue weighted by atomic mass is 16.7. The van der Waals surface area contributed by atoms with Gasteiger partial charge < -0.3 is 18.9 Å². The standard InChI is InChI=1S/C45H54O5/c1-31(23-25-37(27-33(3)35-15-7-5-8-16-35)44-47-29-39-19-11-13-21-41(39)49-44)43(46)32(2)24-26-38(28-34(4)36-17-9-6-10-18-36)45-48-30-40-20-12-14-22-42(40)50-45/h5-22,31-34,37-38,44-45H,23-30H2,1-4H3. The molecule has 2 aliphatic heterocycles. The van der Waals surface area contributed by atoms with E-state index in [1.807, 2.05) is 36.4 Å². The van der Waals surface area contributed by atoms with Crippen molar-refractivity contribution >= 4 is 5.78 Å². The first-order valence-electron chi connectivity index (χ1n) is 18.7. The molecule has 2 heterocycles. The number of carbonyl (C=O) groups excluding carboxylic acids is 1. The van der Waals surface area contributed by atoms with Gasteiger partial charge in [-0.05, 0) is 73.6 Å². The van der Waals surface area contributed by atoms with E-state index >= 15 is 0 Å². The van der Waals surface area contributed by atoms with Gasteiger partial charge in [-0.3, -0.25) is 4.79 Å². The summed E-state index contributed by atoms with van der Waals surface area (Å²) in [6.07, 6.45) is 4.54. The number of ether oxygens (including phenoxy) is 4. The lowest BCUT2D eigenvalue weighted by atomic mass is 9.81. The fourth-order valence-electron chi connectivity index (χ4n) is 7.77. The fourth-order valence-corrected chi connectivity index (χ4v) is 7.77. The third-order valence-electron chi connectivity index (χ3n) is 11.0. The van der Waals surface area contributed by atoms with E-state index in [2.05, 4.69) is 100 Å². The monoisotopic (exact) mass is 674 g/mol. The van der Waals surface area contributed by atoms with Crippen LogP contribution in [0.3, 0.4) is 0 Å². The highest BCUT2D eigenvalue weighted by molar-refractivity contribution is 5.82. The van der Waals surface area contributed by atoms with Crippen LogP contribution in [-0.2, 0) is 27.5 Å². The number of ketones is 1. The number of para-hydroxylation sites is 2. The molecule has 0 saturated heterocycles. The third-order valence-corrected chi connectivity index (χ3v) is 11.0. The van der Waals surface area contributed by atoms with Crippen molar-refractivity contribution in [3.63, 3.8) is 0 Å². The molecule has 8 atom stereocenters. The molecule has 5 heteroatoms. The van der Waals surface area contributed by atoms with Crippen LogP contribution in [0.4, 0.5) is 0 Å². The predicted octanol–water partition coefficient (Wildman–Crippen LogP) is 10.9. The maximum atomic E-state index is 13.9. The van der Waals surface area contributed by atoms with Crippen molar-refractivity contribution in [2.24, 2.45) is 23.7 Å². The van der Waals surface area contributed by atoms with Gasteiger partial charge in [-0.15, -0.1) is 0 Å². The van der Waals surface area contributed by atoms with Gasteiger partial charge in [0.1, 0.15) is 17.3 Å². The molecule has 4 aromatic carbocycles. The molecule has 4 aromatic rings. The van der Waals surface area contributed by atoms with E-state index in [-0.39, 0.29) is 36.3 Å². The summed E-state index contributed by atoms with van der Waals surface area (Å²) >= 11 is 0. The summed E-state index contributed by atoms with van der Waals surface area (Å²) in [6.45, 7) is 9.87. The molecule has 0 amide bonds. The van der Waals surface area contributed by atoms with E-state index < -0.39 is 0 Å². The van der Waals surface area contributed by atoms with Crippen LogP contribution >= 0.6 is 0 Å². The molecule has 2 aliphatic rings. The normalized spacial score (nSPS) is 20.5. The summed E-state index contributed by atoms with van der Waals surface area (Å²) in [5, 5.41) is 0. The first-order valence-corrected chi connectivity index (χ1v) is 18.7. The summed E-state index contributed by atoms with van der Waals surface area (Å²) < 4.78 is 25.5. The van der Waals surface area contributed by atoms with Crippen molar-refractivity contribution in [3.8, 4) is 11.5 Å². The Hall–Kier alpha value is -3.93. The van der Waals surface area contributed by atoms with Crippen molar-refractivity contribution in [1.82, 2.24) is 0 Å². The summed E-state index contributed by atoms with van der Waals surface area (Å²) in [6, 6.07) is 37.6. The number of benzene rings is 4. The Morgan fingerprint density at radius 2 is 0.920 bits per heavy atom. The van der Waals surface area contributed by atoms with E-state index in [9.17, 15) is 4.79 Å². The lowest BCUT2D eigenvalue weighted by Gasteiger charge is -2.34. The number of fused-ring (bicyclic) bond motifs is 2. The van der Waals surface area contributed by atoms with Crippen LogP contribution in [0.5, 0.6) is 11.5 Å². The molecule has 0 saturated carbocycles. The Labute approximate surface area is 299 Å². The second-order valence-corrected chi connectivity index (χ2v) is 14.8. The topological polar surface area (TPSA) is 54.0 Å². The van der Waals surface area contributed by atoms with Crippen molar-refractivity contribution in [2.75, 3.05) is 0 Å². The zero-order valence-corrected chi connectivity index (χ0v) is 30.2. The van der Waals surface area contributed by atoms with E-state index in [4.69, 9.17) is 18.9 Å². The largest absolute Gasteiger partial charge is 0.464 e. The van der Waals surface area contributed by atoms with Crippen molar-refractivity contribution in [3.05, 3.63) is 131 Å². The number of hydrogen-bond donors (Lipinski definition) is 0. The molecule has 264 valence electrons. The van der Waals surface area contributed by atoms with Gasteiger partial charge in [-0.1, -0.05) is 125 Å². The van der Waals surface area contributed by atoms with Crippen LogP contribution in [-0.4, -0.2) is 18.4 Å².